The maximum Gasteiger partial charge on any atom is 0.319 e. The molecule has 2 unspecified atom stereocenters. The molecule has 0 bridgehead atoms. The van der Waals surface area contributed by atoms with Crippen molar-refractivity contribution < 1.29 is 14.1 Å². The summed E-state index contributed by atoms with van der Waals surface area (Å²) in [5.41, 5.74) is 0.773. The largest absolute Gasteiger partial charge is 0.480 e. The van der Waals surface area contributed by atoms with Crippen LogP contribution in [0.1, 0.15) is 25.3 Å². The molecule has 0 saturated heterocycles. The number of benzene rings is 1. The van der Waals surface area contributed by atoms with Gasteiger partial charge in [0.15, 0.2) is 0 Å². The van der Waals surface area contributed by atoms with Crippen molar-refractivity contribution >= 4 is 44.3 Å². The van der Waals surface area contributed by atoms with Crippen LogP contribution >= 0.6 is 27.5 Å². The lowest BCUT2D eigenvalue weighted by Crippen LogP contribution is -2.26. The highest BCUT2D eigenvalue weighted by molar-refractivity contribution is 9.10. The second-order valence-corrected chi connectivity index (χ2v) is 6.89. The predicted octanol–water partition coefficient (Wildman–Crippen LogP) is 3.60. The van der Waals surface area contributed by atoms with Crippen LogP contribution in [0, 0.1) is 0 Å². The van der Waals surface area contributed by atoms with Crippen LogP contribution in [0.25, 0.3) is 0 Å². The van der Waals surface area contributed by atoms with Gasteiger partial charge in [-0.3, -0.25) is 9.00 Å². The van der Waals surface area contributed by atoms with Crippen LogP contribution in [0.5, 0.6) is 0 Å². The van der Waals surface area contributed by atoms with Crippen LogP contribution in [0.2, 0.25) is 5.02 Å². The molecule has 0 heterocycles. The molecular weight excluding hydrogens is 340 g/mol. The number of aliphatic carboxylic acids is 1. The number of carboxylic acid groups (broad SMARTS) is 1. The van der Waals surface area contributed by atoms with E-state index in [1.807, 2.05) is 6.92 Å². The van der Waals surface area contributed by atoms with Gasteiger partial charge in [0.25, 0.3) is 0 Å². The topological polar surface area (TPSA) is 54.4 Å². The maximum absolute atomic E-state index is 12.0. The van der Waals surface area contributed by atoms with Gasteiger partial charge in [-0.05, 0) is 30.2 Å². The maximum atomic E-state index is 12.0. The Bertz CT molecular complexity index is 444. The normalized spacial score (nSPS) is 14.2. The van der Waals surface area contributed by atoms with E-state index in [2.05, 4.69) is 15.9 Å². The number of rotatable bonds is 6. The minimum Gasteiger partial charge on any atom is -0.480 e. The Morgan fingerprint density at radius 1 is 1.50 bits per heavy atom. The van der Waals surface area contributed by atoms with E-state index in [1.54, 1.807) is 18.2 Å². The zero-order valence-corrected chi connectivity index (χ0v) is 13.0. The van der Waals surface area contributed by atoms with Gasteiger partial charge in [0.2, 0.25) is 0 Å². The predicted molar refractivity (Wildman–Crippen MR) is 77.3 cm³/mol. The minimum absolute atomic E-state index is 0.204. The summed E-state index contributed by atoms with van der Waals surface area (Å²) < 4.78 is 12.8. The Morgan fingerprint density at radius 3 is 2.67 bits per heavy atom. The number of halogens is 2. The first kappa shape index (κ1) is 15.7. The molecule has 1 aromatic carbocycles. The third-order valence-corrected chi connectivity index (χ3v) is 4.74. The van der Waals surface area contributed by atoms with Crippen LogP contribution in [0.3, 0.4) is 0 Å². The fourth-order valence-corrected chi connectivity index (χ4v) is 3.94. The average molecular weight is 354 g/mol. The minimum atomic E-state index is -1.43. The summed E-state index contributed by atoms with van der Waals surface area (Å²) in [6, 6.07) is 5.23. The van der Waals surface area contributed by atoms with Crippen LogP contribution in [-0.2, 0) is 21.3 Å². The number of carbonyl (C=O) groups is 1. The molecular formula is C12H14BrClO3S. The van der Waals surface area contributed by atoms with E-state index in [9.17, 15) is 9.00 Å². The molecule has 1 aromatic rings. The zero-order chi connectivity index (χ0) is 13.7. The van der Waals surface area contributed by atoms with Gasteiger partial charge in [-0.1, -0.05) is 40.9 Å². The van der Waals surface area contributed by atoms with Crippen LogP contribution in [-0.4, -0.2) is 20.5 Å². The molecule has 3 nitrogen and oxygen atoms in total. The number of hydrogen-bond donors (Lipinski definition) is 1. The average Bonchev–Trinajstić information content (AvgIpc) is 2.23. The van der Waals surface area contributed by atoms with Crippen molar-refractivity contribution in [3.05, 3.63) is 33.3 Å². The molecule has 0 amide bonds. The summed E-state index contributed by atoms with van der Waals surface area (Å²) >= 11 is 9.19. The lowest BCUT2D eigenvalue weighted by Gasteiger charge is -2.11. The summed E-state index contributed by atoms with van der Waals surface area (Å²) in [5, 5.41) is 8.76. The fourth-order valence-electron chi connectivity index (χ4n) is 1.59. The Balaban J connectivity index is 2.82. The first-order valence-corrected chi connectivity index (χ1v) is 8.04. The number of carboxylic acids is 1. The molecule has 6 heteroatoms. The van der Waals surface area contributed by atoms with Gasteiger partial charge in [-0.2, -0.15) is 0 Å². The van der Waals surface area contributed by atoms with E-state index >= 15 is 0 Å². The Hall–Kier alpha value is -0.390. The van der Waals surface area contributed by atoms with Gasteiger partial charge < -0.3 is 5.11 Å². The summed E-state index contributed by atoms with van der Waals surface area (Å²) in [7, 11) is -1.43. The molecule has 0 saturated carbocycles. The highest BCUT2D eigenvalue weighted by Crippen LogP contribution is 2.21. The Morgan fingerprint density at radius 2 is 2.17 bits per heavy atom. The van der Waals surface area contributed by atoms with Gasteiger partial charge in [-0.25, -0.2) is 0 Å². The molecule has 18 heavy (non-hydrogen) atoms. The molecule has 0 aliphatic heterocycles. The van der Waals surface area contributed by atoms with Gasteiger partial charge in [0.1, 0.15) is 5.25 Å². The van der Waals surface area contributed by atoms with Crippen molar-refractivity contribution in [2.24, 2.45) is 0 Å². The third-order valence-electron chi connectivity index (χ3n) is 2.37. The lowest BCUT2D eigenvalue weighted by molar-refractivity contribution is -0.136. The van der Waals surface area contributed by atoms with Gasteiger partial charge in [-0.15, -0.1) is 0 Å². The summed E-state index contributed by atoms with van der Waals surface area (Å²) in [4.78, 5) is 11.0. The van der Waals surface area contributed by atoms with E-state index < -0.39 is 22.0 Å². The van der Waals surface area contributed by atoms with Crippen LogP contribution in [0.4, 0.5) is 0 Å². The molecule has 1 N–H and O–H groups in total. The molecule has 0 aliphatic rings. The summed E-state index contributed by atoms with van der Waals surface area (Å²) in [6.07, 6.45) is 1.12. The highest BCUT2D eigenvalue weighted by Gasteiger charge is 2.23. The van der Waals surface area contributed by atoms with Crippen LogP contribution < -0.4 is 0 Å². The van der Waals surface area contributed by atoms with Crippen molar-refractivity contribution in [2.75, 3.05) is 0 Å². The Kier molecular flexibility index (Phi) is 6.32. The second-order valence-electron chi connectivity index (χ2n) is 3.92. The molecule has 2 atom stereocenters. The quantitative estimate of drug-likeness (QED) is 0.850. The third kappa shape index (κ3) is 4.71. The van der Waals surface area contributed by atoms with Gasteiger partial charge in [0, 0.05) is 26.0 Å². The highest BCUT2D eigenvalue weighted by atomic mass is 79.9. The van der Waals surface area contributed by atoms with E-state index in [-0.39, 0.29) is 5.75 Å². The number of hydrogen-bond acceptors (Lipinski definition) is 2. The van der Waals surface area contributed by atoms with Gasteiger partial charge in [0.05, 0.1) is 0 Å². The molecule has 1 rings (SSSR count). The van der Waals surface area contributed by atoms with Crippen molar-refractivity contribution in [2.45, 2.75) is 30.8 Å². The van der Waals surface area contributed by atoms with E-state index in [4.69, 9.17) is 16.7 Å². The van der Waals surface area contributed by atoms with Gasteiger partial charge >= 0.3 is 5.97 Å². The SMILES string of the molecule is CCCC(C(=O)O)S(=O)Cc1cc(Cl)cc(Br)c1. The van der Waals surface area contributed by atoms with Crippen molar-refractivity contribution in [1.29, 1.82) is 0 Å². The van der Waals surface area contributed by atoms with Crippen molar-refractivity contribution in [3.8, 4) is 0 Å². The molecule has 0 radical (unpaired) electrons. The monoisotopic (exact) mass is 352 g/mol. The van der Waals surface area contributed by atoms with E-state index in [0.717, 1.165) is 10.0 Å². The molecule has 0 spiro atoms. The van der Waals surface area contributed by atoms with Crippen molar-refractivity contribution in [3.63, 3.8) is 0 Å². The standard InChI is InChI=1S/C12H14BrClO3S/c1-2-3-11(12(15)16)18(17)7-8-4-9(13)6-10(14)5-8/h4-6,11H,2-3,7H2,1H3,(H,15,16). The van der Waals surface area contributed by atoms with Crippen LogP contribution in [0.15, 0.2) is 22.7 Å². The summed E-state index contributed by atoms with van der Waals surface area (Å²) in [6.45, 7) is 1.88. The first-order valence-electron chi connectivity index (χ1n) is 5.49. The molecule has 0 aliphatic carbocycles. The fraction of sp³-hybridized carbons (Fsp3) is 0.417. The first-order chi connectivity index (χ1) is 8.43. The molecule has 0 fully saturated rings. The van der Waals surface area contributed by atoms with E-state index in [1.165, 1.54) is 0 Å². The second kappa shape index (κ2) is 7.26. The lowest BCUT2D eigenvalue weighted by atomic mass is 10.2. The molecule has 100 valence electrons. The Labute approximate surface area is 122 Å². The zero-order valence-electron chi connectivity index (χ0n) is 9.86. The molecule has 0 aromatic heterocycles. The van der Waals surface area contributed by atoms with E-state index in [0.29, 0.717) is 17.9 Å². The van der Waals surface area contributed by atoms with Crippen molar-refractivity contribution in [1.82, 2.24) is 0 Å². The summed E-state index contributed by atoms with van der Waals surface area (Å²) in [5.74, 6) is -0.799. The smallest absolute Gasteiger partial charge is 0.319 e.